The number of unbranched alkanes of at least 4 members (excludes halogenated alkanes) is 1. The van der Waals surface area contributed by atoms with Gasteiger partial charge in [0.25, 0.3) is 0 Å². The van der Waals surface area contributed by atoms with E-state index < -0.39 is 86.3 Å². The van der Waals surface area contributed by atoms with Crippen molar-refractivity contribution in [3.63, 3.8) is 0 Å². The molecule has 270 valence electrons. The van der Waals surface area contributed by atoms with Gasteiger partial charge in [-0.2, -0.15) is 0 Å². The number of nitrogens with one attached hydrogen (secondary N) is 2. The fraction of sp³-hybridized carbons (Fsp3) is 0.931. The van der Waals surface area contributed by atoms with Crippen molar-refractivity contribution in [2.75, 3.05) is 66.1 Å². The molecule has 0 aromatic rings. The zero-order valence-corrected chi connectivity index (χ0v) is 26.9. The van der Waals surface area contributed by atoms with E-state index in [2.05, 4.69) is 17.6 Å². The molecule has 2 heterocycles. The van der Waals surface area contributed by atoms with Crippen molar-refractivity contribution in [2.24, 2.45) is 5.92 Å². The molecule has 46 heavy (non-hydrogen) atoms. The summed E-state index contributed by atoms with van der Waals surface area (Å²) in [6.07, 6.45) is -6.94. The lowest BCUT2D eigenvalue weighted by Crippen LogP contribution is -2.64. The third-order valence-corrected chi connectivity index (χ3v) is 7.53. The first kappa shape index (κ1) is 40.6. The molecule has 8 N–H and O–H groups in total. The summed E-state index contributed by atoms with van der Waals surface area (Å²) in [5.74, 6) is -0.518. The van der Waals surface area contributed by atoms with Crippen LogP contribution in [-0.4, -0.2) is 170 Å². The molecule has 2 saturated heterocycles. The Bertz CT molecular complexity index is 791. The van der Waals surface area contributed by atoms with E-state index in [0.717, 1.165) is 19.3 Å². The Balaban J connectivity index is 1.48. The van der Waals surface area contributed by atoms with Crippen LogP contribution in [0.25, 0.3) is 0 Å². The lowest BCUT2D eigenvalue weighted by Gasteiger charge is -2.42. The van der Waals surface area contributed by atoms with Crippen LogP contribution in [0.15, 0.2) is 0 Å². The van der Waals surface area contributed by atoms with Crippen molar-refractivity contribution in [3.8, 4) is 0 Å². The smallest absolute Gasteiger partial charge is 0.217 e. The standard InChI is InChI=1S/C29H54N2O15/c1-17(6-4-5-7-40-10-12-43-28-22(30-18(2)34)26(38)24(36)20(14-32)45-28)16-42-9-8-41-11-13-44-29-23(31-19(3)35)27(39)25(37)21(15-33)46-29/h17,20-29,32-33,36-39H,4-16H2,1-3H3,(H,30,34)(H,31,35)/t17?,20?,21?,22?,23?,24-,25-,26+,27+,28+,29+/m0/s1. The number of hydrogen-bond acceptors (Lipinski definition) is 15. The minimum Gasteiger partial charge on any atom is -0.394 e. The van der Waals surface area contributed by atoms with E-state index >= 15 is 0 Å². The number of aliphatic hydroxyl groups is 6. The summed E-state index contributed by atoms with van der Waals surface area (Å²) >= 11 is 0. The van der Waals surface area contributed by atoms with Gasteiger partial charge in [0.15, 0.2) is 12.6 Å². The molecule has 0 aliphatic carbocycles. The van der Waals surface area contributed by atoms with Crippen molar-refractivity contribution < 1.29 is 73.4 Å². The lowest BCUT2D eigenvalue weighted by molar-refractivity contribution is -0.272. The zero-order valence-electron chi connectivity index (χ0n) is 26.9. The first-order valence-corrected chi connectivity index (χ1v) is 15.8. The average molecular weight is 671 g/mol. The van der Waals surface area contributed by atoms with Gasteiger partial charge in [0.05, 0.1) is 52.9 Å². The van der Waals surface area contributed by atoms with E-state index in [0.29, 0.717) is 32.3 Å². The summed E-state index contributed by atoms with van der Waals surface area (Å²) in [5, 5.41) is 64.4. The van der Waals surface area contributed by atoms with E-state index in [-0.39, 0.29) is 26.4 Å². The first-order chi connectivity index (χ1) is 22.0. The van der Waals surface area contributed by atoms with Crippen molar-refractivity contribution in [2.45, 2.75) is 101 Å². The molecule has 0 bridgehead atoms. The highest BCUT2D eigenvalue weighted by molar-refractivity contribution is 5.73. The van der Waals surface area contributed by atoms with E-state index in [9.17, 15) is 40.2 Å². The molecule has 17 nitrogen and oxygen atoms in total. The van der Waals surface area contributed by atoms with Gasteiger partial charge in [-0.15, -0.1) is 0 Å². The second-order valence-electron chi connectivity index (χ2n) is 11.5. The van der Waals surface area contributed by atoms with Crippen LogP contribution in [0.4, 0.5) is 0 Å². The molecule has 5 unspecified atom stereocenters. The van der Waals surface area contributed by atoms with Crippen LogP contribution in [0.3, 0.4) is 0 Å². The number of aliphatic hydroxyl groups excluding tert-OH is 6. The Morgan fingerprint density at radius 3 is 1.54 bits per heavy atom. The van der Waals surface area contributed by atoms with Crippen molar-refractivity contribution in [3.05, 3.63) is 0 Å². The summed E-state index contributed by atoms with van der Waals surface area (Å²) in [6, 6.07) is -1.99. The van der Waals surface area contributed by atoms with Gasteiger partial charge < -0.3 is 74.4 Å². The molecule has 2 aliphatic rings. The van der Waals surface area contributed by atoms with E-state index in [1.54, 1.807) is 0 Å². The average Bonchev–Trinajstić information content (AvgIpc) is 3.01. The molecular formula is C29H54N2O15. The fourth-order valence-electron chi connectivity index (χ4n) is 5.06. The maximum Gasteiger partial charge on any atom is 0.217 e. The number of hydrogen-bond donors (Lipinski definition) is 8. The minimum absolute atomic E-state index is 0.0930. The predicted octanol–water partition coefficient (Wildman–Crippen LogP) is -3.24. The maximum absolute atomic E-state index is 11.5. The molecule has 2 rings (SSSR count). The summed E-state index contributed by atoms with van der Waals surface area (Å²) in [7, 11) is 0. The highest BCUT2D eigenvalue weighted by atomic mass is 16.7. The molecule has 0 aromatic heterocycles. The largest absolute Gasteiger partial charge is 0.394 e. The molecule has 2 aliphatic heterocycles. The Morgan fingerprint density at radius 2 is 1.09 bits per heavy atom. The number of carbonyl (C=O) groups excluding carboxylic acids is 2. The highest BCUT2D eigenvalue weighted by Gasteiger charge is 2.46. The van der Waals surface area contributed by atoms with Crippen molar-refractivity contribution >= 4 is 11.8 Å². The highest BCUT2D eigenvalue weighted by Crippen LogP contribution is 2.23. The first-order valence-electron chi connectivity index (χ1n) is 15.8. The van der Waals surface area contributed by atoms with Crippen LogP contribution in [0.2, 0.25) is 0 Å². The second-order valence-corrected chi connectivity index (χ2v) is 11.5. The van der Waals surface area contributed by atoms with Crippen LogP contribution in [0, 0.1) is 5.92 Å². The summed E-state index contributed by atoms with van der Waals surface area (Å²) < 4.78 is 39.0. The van der Waals surface area contributed by atoms with Crippen LogP contribution < -0.4 is 10.6 Å². The molecule has 11 atom stereocenters. The normalized spacial score (nSPS) is 32.2. The van der Waals surface area contributed by atoms with Gasteiger partial charge in [-0.3, -0.25) is 9.59 Å². The van der Waals surface area contributed by atoms with Gasteiger partial charge in [-0.05, 0) is 18.8 Å². The monoisotopic (exact) mass is 670 g/mol. The van der Waals surface area contributed by atoms with Gasteiger partial charge in [-0.25, -0.2) is 0 Å². The van der Waals surface area contributed by atoms with Gasteiger partial charge in [0.2, 0.25) is 11.8 Å². The molecule has 2 fully saturated rings. The second kappa shape index (κ2) is 22.1. The topological polar surface area (TPSA) is 244 Å². The van der Waals surface area contributed by atoms with E-state index in [1.165, 1.54) is 13.8 Å². The fourth-order valence-corrected chi connectivity index (χ4v) is 5.06. The molecule has 0 spiro atoms. The van der Waals surface area contributed by atoms with Gasteiger partial charge in [0, 0.05) is 27.1 Å². The Kier molecular flexibility index (Phi) is 19.5. The Morgan fingerprint density at radius 1 is 0.652 bits per heavy atom. The molecule has 0 radical (unpaired) electrons. The van der Waals surface area contributed by atoms with Crippen LogP contribution in [-0.2, 0) is 42.7 Å². The molecular weight excluding hydrogens is 616 g/mol. The van der Waals surface area contributed by atoms with Gasteiger partial charge in [0.1, 0.15) is 48.7 Å². The third-order valence-electron chi connectivity index (χ3n) is 7.53. The Hall–Kier alpha value is -1.58. The number of rotatable bonds is 22. The quantitative estimate of drug-likeness (QED) is 0.0528. The Labute approximate surface area is 269 Å². The zero-order chi connectivity index (χ0) is 34.1. The molecule has 0 saturated carbocycles. The van der Waals surface area contributed by atoms with E-state index in [1.807, 2.05) is 0 Å². The van der Waals surface area contributed by atoms with Gasteiger partial charge in [-0.1, -0.05) is 13.3 Å². The van der Waals surface area contributed by atoms with Crippen molar-refractivity contribution in [1.29, 1.82) is 0 Å². The van der Waals surface area contributed by atoms with Gasteiger partial charge >= 0.3 is 0 Å². The SMILES string of the molecule is CC(=O)NC1[C@H](OCCOCCCCC(C)COCCOCCO[C@@H]2OC(CO)[C@H](O)[C@H](O)C2NC(C)=O)OC(CO)[C@H](O)[C@@H]1O. The summed E-state index contributed by atoms with van der Waals surface area (Å²) in [5.41, 5.74) is 0. The minimum atomic E-state index is -1.37. The number of carbonyl (C=O) groups is 2. The van der Waals surface area contributed by atoms with E-state index in [4.69, 9.17) is 33.2 Å². The van der Waals surface area contributed by atoms with Crippen LogP contribution in [0.1, 0.15) is 40.0 Å². The lowest BCUT2D eigenvalue weighted by atomic mass is 9.97. The maximum atomic E-state index is 11.5. The number of ether oxygens (including phenoxy) is 7. The van der Waals surface area contributed by atoms with Crippen molar-refractivity contribution in [1.82, 2.24) is 10.6 Å². The molecule has 2 amide bonds. The molecule has 17 heteroatoms. The van der Waals surface area contributed by atoms with Crippen LogP contribution in [0.5, 0.6) is 0 Å². The number of amides is 2. The predicted molar refractivity (Wildman–Crippen MR) is 158 cm³/mol. The van der Waals surface area contributed by atoms with Crippen LogP contribution >= 0.6 is 0 Å². The summed E-state index contributed by atoms with van der Waals surface area (Å²) in [4.78, 5) is 23.0. The summed E-state index contributed by atoms with van der Waals surface area (Å²) in [6.45, 7) is 6.10. The molecule has 0 aromatic carbocycles. The third kappa shape index (κ3) is 13.9.